The SMILES string of the molecule is O=C1C2=C(C(=O)c3ccccc31)S(=O)(=O)CCN2. The summed E-state index contributed by atoms with van der Waals surface area (Å²) < 4.78 is 23.8. The third-order valence-corrected chi connectivity index (χ3v) is 4.81. The van der Waals surface area contributed by atoms with E-state index >= 15 is 0 Å². The van der Waals surface area contributed by atoms with Crippen molar-refractivity contribution >= 4 is 21.4 Å². The summed E-state index contributed by atoms with van der Waals surface area (Å²) in [6.07, 6.45) is 0. The highest BCUT2D eigenvalue weighted by Crippen LogP contribution is 2.30. The van der Waals surface area contributed by atoms with Crippen LogP contribution < -0.4 is 5.32 Å². The molecule has 0 atom stereocenters. The molecule has 0 bridgehead atoms. The Morgan fingerprint density at radius 1 is 1.00 bits per heavy atom. The number of ketones is 2. The molecule has 3 rings (SSSR count). The van der Waals surface area contributed by atoms with Gasteiger partial charge >= 0.3 is 0 Å². The normalized spacial score (nSPS) is 21.1. The van der Waals surface area contributed by atoms with Gasteiger partial charge in [-0.2, -0.15) is 0 Å². The van der Waals surface area contributed by atoms with Crippen molar-refractivity contribution in [3.63, 3.8) is 0 Å². The number of carbonyl (C=O) groups excluding carboxylic acids is 2. The van der Waals surface area contributed by atoms with Crippen molar-refractivity contribution in [1.82, 2.24) is 5.32 Å². The van der Waals surface area contributed by atoms with Gasteiger partial charge in [-0.15, -0.1) is 0 Å². The highest BCUT2D eigenvalue weighted by molar-refractivity contribution is 7.96. The van der Waals surface area contributed by atoms with Gasteiger partial charge in [0, 0.05) is 17.7 Å². The van der Waals surface area contributed by atoms with Crippen molar-refractivity contribution < 1.29 is 18.0 Å². The second kappa shape index (κ2) is 3.52. The van der Waals surface area contributed by atoms with Crippen LogP contribution in [0.25, 0.3) is 0 Å². The van der Waals surface area contributed by atoms with Gasteiger partial charge in [0.25, 0.3) is 0 Å². The summed E-state index contributed by atoms with van der Waals surface area (Å²) >= 11 is 0. The molecule has 0 spiro atoms. The van der Waals surface area contributed by atoms with Crippen LogP contribution in [-0.2, 0) is 9.84 Å². The Labute approximate surface area is 103 Å². The van der Waals surface area contributed by atoms with E-state index in [9.17, 15) is 18.0 Å². The first-order chi connectivity index (χ1) is 8.52. The van der Waals surface area contributed by atoms with Gasteiger partial charge in [0.1, 0.15) is 10.6 Å². The Hall–Kier alpha value is -1.95. The smallest absolute Gasteiger partial charge is 0.211 e. The summed E-state index contributed by atoms with van der Waals surface area (Å²) in [6, 6.07) is 6.26. The molecule has 0 fully saturated rings. The van der Waals surface area contributed by atoms with Gasteiger partial charge < -0.3 is 5.32 Å². The predicted molar refractivity (Wildman–Crippen MR) is 63.9 cm³/mol. The van der Waals surface area contributed by atoms with Crippen molar-refractivity contribution in [1.29, 1.82) is 0 Å². The van der Waals surface area contributed by atoms with E-state index in [1.54, 1.807) is 12.1 Å². The number of carbonyl (C=O) groups is 2. The molecule has 6 heteroatoms. The molecule has 1 N–H and O–H groups in total. The largest absolute Gasteiger partial charge is 0.380 e. The summed E-state index contributed by atoms with van der Waals surface area (Å²) in [7, 11) is -3.66. The fourth-order valence-electron chi connectivity index (χ4n) is 2.22. The number of fused-ring (bicyclic) bond motifs is 1. The zero-order valence-corrected chi connectivity index (χ0v) is 10.1. The van der Waals surface area contributed by atoms with Gasteiger partial charge in [-0.25, -0.2) is 8.42 Å². The second-order valence-corrected chi connectivity index (χ2v) is 6.20. The van der Waals surface area contributed by atoms with Crippen LogP contribution in [0.1, 0.15) is 20.7 Å². The number of sulfone groups is 1. The molecule has 1 aromatic rings. The Balaban J connectivity index is 2.34. The zero-order chi connectivity index (χ0) is 12.9. The van der Waals surface area contributed by atoms with Crippen LogP contribution in [0, 0.1) is 0 Å². The number of allylic oxidation sites excluding steroid dienone is 2. The second-order valence-electron chi connectivity index (χ2n) is 4.15. The van der Waals surface area contributed by atoms with Gasteiger partial charge in [0.15, 0.2) is 9.84 Å². The van der Waals surface area contributed by atoms with E-state index in [2.05, 4.69) is 5.32 Å². The van der Waals surface area contributed by atoms with Gasteiger partial charge in [-0.3, -0.25) is 9.59 Å². The minimum atomic E-state index is -3.66. The first kappa shape index (κ1) is 11.2. The summed E-state index contributed by atoms with van der Waals surface area (Å²) in [5, 5.41) is 2.73. The van der Waals surface area contributed by atoms with Gasteiger partial charge in [-0.1, -0.05) is 24.3 Å². The Morgan fingerprint density at radius 3 is 2.28 bits per heavy atom. The average molecular weight is 263 g/mol. The van der Waals surface area contributed by atoms with E-state index < -0.39 is 21.4 Å². The van der Waals surface area contributed by atoms with E-state index in [0.717, 1.165) is 0 Å². The molecule has 1 heterocycles. The third kappa shape index (κ3) is 1.35. The van der Waals surface area contributed by atoms with Crippen LogP contribution in [0.2, 0.25) is 0 Å². The summed E-state index contributed by atoms with van der Waals surface area (Å²) in [5.74, 6) is -1.18. The van der Waals surface area contributed by atoms with Crippen LogP contribution in [-0.4, -0.2) is 32.3 Å². The van der Waals surface area contributed by atoms with Crippen molar-refractivity contribution in [2.24, 2.45) is 0 Å². The molecule has 0 amide bonds. The topological polar surface area (TPSA) is 80.3 Å². The number of Topliss-reactive ketones (excluding diaryl/α,β-unsaturated/α-hetero) is 2. The first-order valence-corrected chi connectivity index (χ1v) is 7.07. The molecule has 5 nitrogen and oxygen atoms in total. The number of nitrogens with one attached hydrogen (secondary N) is 1. The van der Waals surface area contributed by atoms with Crippen molar-refractivity contribution in [3.8, 4) is 0 Å². The Bertz CT molecular complexity index is 715. The highest BCUT2D eigenvalue weighted by Gasteiger charge is 2.40. The number of rotatable bonds is 0. The van der Waals surface area contributed by atoms with Crippen molar-refractivity contribution in [2.45, 2.75) is 0 Å². The van der Waals surface area contributed by atoms with Crippen LogP contribution >= 0.6 is 0 Å². The fourth-order valence-corrected chi connectivity index (χ4v) is 3.67. The minimum absolute atomic E-state index is 0.0787. The summed E-state index contributed by atoms with van der Waals surface area (Å²) in [6.45, 7) is 0.155. The monoisotopic (exact) mass is 263 g/mol. The van der Waals surface area contributed by atoms with Crippen LogP contribution in [0.4, 0.5) is 0 Å². The molecule has 92 valence electrons. The number of hydrogen-bond donors (Lipinski definition) is 1. The van der Waals surface area contributed by atoms with Gasteiger partial charge in [0.05, 0.1) is 5.75 Å². The predicted octanol–water partition coefficient (Wildman–Crippen LogP) is 0.295. The van der Waals surface area contributed by atoms with E-state index in [-0.39, 0.29) is 34.0 Å². The minimum Gasteiger partial charge on any atom is -0.380 e. The molecule has 0 unspecified atom stereocenters. The molecule has 0 radical (unpaired) electrons. The quantitative estimate of drug-likeness (QED) is 0.728. The van der Waals surface area contributed by atoms with E-state index in [1.165, 1.54) is 12.1 Å². The lowest BCUT2D eigenvalue weighted by Gasteiger charge is -2.25. The molecular formula is C12H9NO4S. The lowest BCUT2D eigenvalue weighted by atomic mass is 9.92. The molecule has 2 aliphatic rings. The lowest BCUT2D eigenvalue weighted by molar-refractivity contribution is 0.0973. The number of benzene rings is 1. The molecule has 18 heavy (non-hydrogen) atoms. The maximum absolute atomic E-state index is 12.2. The van der Waals surface area contributed by atoms with Crippen molar-refractivity contribution in [2.75, 3.05) is 12.3 Å². The van der Waals surface area contributed by atoms with Gasteiger partial charge in [-0.05, 0) is 0 Å². The Kier molecular flexibility index (Phi) is 2.18. The van der Waals surface area contributed by atoms with Crippen LogP contribution in [0.15, 0.2) is 34.9 Å². The summed E-state index contributed by atoms with van der Waals surface area (Å²) in [5.41, 5.74) is 0.337. The van der Waals surface area contributed by atoms with Gasteiger partial charge in [0.2, 0.25) is 11.6 Å². The maximum Gasteiger partial charge on any atom is 0.211 e. The Morgan fingerprint density at radius 2 is 1.61 bits per heavy atom. The van der Waals surface area contributed by atoms with Crippen molar-refractivity contribution in [3.05, 3.63) is 46.0 Å². The average Bonchev–Trinajstić information content (AvgIpc) is 2.35. The van der Waals surface area contributed by atoms with E-state index in [0.29, 0.717) is 0 Å². The van der Waals surface area contributed by atoms with Crippen LogP contribution in [0.5, 0.6) is 0 Å². The fraction of sp³-hybridized carbons (Fsp3) is 0.167. The lowest BCUT2D eigenvalue weighted by Crippen LogP contribution is -2.40. The molecular weight excluding hydrogens is 254 g/mol. The van der Waals surface area contributed by atoms with Crippen LogP contribution in [0.3, 0.4) is 0 Å². The molecule has 1 aromatic carbocycles. The molecule has 0 aromatic heterocycles. The molecule has 0 saturated heterocycles. The molecule has 1 aliphatic heterocycles. The standard InChI is InChI=1S/C12H9NO4S/c14-10-7-3-1-2-4-8(7)11(15)12-9(10)13-5-6-18(12,16)17/h1-4,13H,5-6H2. The third-order valence-electron chi connectivity index (χ3n) is 3.06. The molecule has 1 aliphatic carbocycles. The van der Waals surface area contributed by atoms with E-state index in [1.807, 2.05) is 0 Å². The molecule has 0 saturated carbocycles. The first-order valence-electron chi connectivity index (χ1n) is 5.42. The number of hydrogen-bond acceptors (Lipinski definition) is 5. The highest BCUT2D eigenvalue weighted by atomic mass is 32.2. The zero-order valence-electron chi connectivity index (χ0n) is 9.26. The van der Waals surface area contributed by atoms with E-state index in [4.69, 9.17) is 0 Å². The summed E-state index contributed by atoms with van der Waals surface area (Å²) in [4.78, 5) is 24.0. The maximum atomic E-state index is 12.2.